The Kier molecular flexibility index (Phi) is 2.37. The molecule has 0 aliphatic carbocycles. The molecule has 0 aliphatic heterocycles. The number of pyridine rings is 1. The molecule has 84 valence electrons. The van der Waals surface area contributed by atoms with Gasteiger partial charge in [-0.2, -0.15) is 0 Å². The molecular weight excluding hydrogens is 232 g/mol. The second-order valence-corrected chi connectivity index (χ2v) is 4.44. The van der Waals surface area contributed by atoms with Crippen LogP contribution in [0.1, 0.15) is 5.56 Å². The third-order valence-corrected chi connectivity index (χ3v) is 3.11. The highest BCUT2D eigenvalue weighted by atomic mass is 35.5. The molecule has 0 aliphatic rings. The number of imidazole rings is 1. The summed E-state index contributed by atoms with van der Waals surface area (Å²) >= 11 is 6.21. The highest BCUT2D eigenvalue weighted by Crippen LogP contribution is 2.23. The normalized spacial score (nSPS) is 10.9. The van der Waals surface area contributed by atoms with Crippen molar-refractivity contribution in [3.63, 3.8) is 0 Å². The number of benzene rings is 1. The van der Waals surface area contributed by atoms with E-state index in [1.54, 1.807) is 0 Å². The van der Waals surface area contributed by atoms with Gasteiger partial charge in [0.05, 0.1) is 11.7 Å². The SMILES string of the molecule is Cc1ccc(-c2ncc3cccc(Cl)n23)cc1. The zero-order valence-electron chi connectivity index (χ0n) is 9.39. The molecule has 0 N–H and O–H groups in total. The van der Waals surface area contributed by atoms with Crippen LogP contribution in [0.5, 0.6) is 0 Å². The molecule has 1 aromatic carbocycles. The standard InChI is InChI=1S/C14H11ClN2/c1-10-5-7-11(8-6-10)14-16-9-12-3-2-4-13(15)17(12)14/h2-9H,1H3. The van der Waals surface area contributed by atoms with Gasteiger partial charge in [-0.3, -0.25) is 4.40 Å². The molecule has 2 heterocycles. The molecule has 2 nitrogen and oxygen atoms in total. The monoisotopic (exact) mass is 242 g/mol. The Labute approximate surface area is 104 Å². The van der Waals surface area contributed by atoms with Gasteiger partial charge in [0.15, 0.2) is 0 Å². The van der Waals surface area contributed by atoms with Gasteiger partial charge in [0.1, 0.15) is 11.0 Å². The van der Waals surface area contributed by atoms with E-state index in [1.165, 1.54) is 5.56 Å². The lowest BCUT2D eigenvalue weighted by molar-refractivity contribution is 1.16. The van der Waals surface area contributed by atoms with Gasteiger partial charge in [-0.05, 0) is 19.1 Å². The minimum atomic E-state index is 0.676. The smallest absolute Gasteiger partial charge is 0.145 e. The lowest BCUT2D eigenvalue weighted by atomic mass is 10.1. The van der Waals surface area contributed by atoms with Crippen molar-refractivity contribution in [2.24, 2.45) is 0 Å². The number of hydrogen-bond donors (Lipinski definition) is 0. The van der Waals surface area contributed by atoms with Crippen molar-refractivity contribution in [3.8, 4) is 11.4 Å². The fourth-order valence-electron chi connectivity index (χ4n) is 1.91. The highest BCUT2D eigenvalue weighted by molar-refractivity contribution is 6.30. The molecule has 3 aromatic rings. The van der Waals surface area contributed by atoms with Gasteiger partial charge in [-0.1, -0.05) is 47.5 Å². The van der Waals surface area contributed by atoms with Crippen LogP contribution in [0.4, 0.5) is 0 Å². The Bertz CT molecular complexity index is 668. The number of aryl methyl sites for hydroxylation is 1. The van der Waals surface area contributed by atoms with E-state index < -0.39 is 0 Å². The maximum Gasteiger partial charge on any atom is 0.145 e. The van der Waals surface area contributed by atoms with Gasteiger partial charge in [-0.25, -0.2) is 4.98 Å². The maximum absolute atomic E-state index is 6.21. The minimum Gasteiger partial charge on any atom is -0.283 e. The second kappa shape index (κ2) is 3.90. The maximum atomic E-state index is 6.21. The summed E-state index contributed by atoms with van der Waals surface area (Å²) in [5, 5.41) is 0.676. The number of nitrogens with zero attached hydrogens (tertiary/aromatic N) is 2. The fraction of sp³-hybridized carbons (Fsp3) is 0.0714. The molecule has 17 heavy (non-hydrogen) atoms. The predicted octanol–water partition coefficient (Wildman–Crippen LogP) is 3.96. The summed E-state index contributed by atoms with van der Waals surface area (Å²) in [6.07, 6.45) is 1.83. The number of hydrogen-bond acceptors (Lipinski definition) is 1. The molecule has 3 rings (SSSR count). The van der Waals surface area contributed by atoms with Gasteiger partial charge in [0.25, 0.3) is 0 Å². The van der Waals surface area contributed by atoms with Crippen LogP contribution in [0.15, 0.2) is 48.7 Å². The summed E-state index contributed by atoms with van der Waals surface area (Å²) in [7, 11) is 0. The Morgan fingerprint density at radius 2 is 1.82 bits per heavy atom. The van der Waals surface area contributed by atoms with Crippen LogP contribution in [0.2, 0.25) is 5.15 Å². The Balaban J connectivity index is 2.27. The van der Waals surface area contributed by atoms with E-state index in [4.69, 9.17) is 11.6 Å². The van der Waals surface area contributed by atoms with Crippen LogP contribution in [0.25, 0.3) is 16.9 Å². The average Bonchev–Trinajstić information content (AvgIpc) is 2.75. The summed E-state index contributed by atoms with van der Waals surface area (Å²) in [4.78, 5) is 4.43. The third-order valence-electron chi connectivity index (χ3n) is 2.81. The highest BCUT2D eigenvalue weighted by Gasteiger charge is 2.08. The molecule has 2 aromatic heterocycles. The summed E-state index contributed by atoms with van der Waals surface area (Å²) in [6, 6.07) is 14.1. The van der Waals surface area contributed by atoms with Crippen molar-refractivity contribution in [1.29, 1.82) is 0 Å². The Hall–Kier alpha value is -1.80. The first-order chi connectivity index (χ1) is 8.25. The largest absolute Gasteiger partial charge is 0.283 e. The van der Waals surface area contributed by atoms with Crippen molar-refractivity contribution in [2.45, 2.75) is 6.92 Å². The van der Waals surface area contributed by atoms with E-state index in [9.17, 15) is 0 Å². The first-order valence-electron chi connectivity index (χ1n) is 5.45. The Morgan fingerprint density at radius 1 is 1.06 bits per heavy atom. The molecule has 0 bridgehead atoms. The lowest BCUT2D eigenvalue weighted by Crippen LogP contribution is -1.90. The molecule has 0 amide bonds. The number of aromatic nitrogens is 2. The number of halogens is 1. The van der Waals surface area contributed by atoms with Gasteiger partial charge in [0.2, 0.25) is 0 Å². The molecule has 0 atom stereocenters. The van der Waals surface area contributed by atoms with Crippen LogP contribution in [-0.2, 0) is 0 Å². The molecule has 3 heteroatoms. The zero-order chi connectivity index (χ0) is 11.8. The summed E-state index contributed by atoms with van der Waals surface area (Å²) in [5.74, 6) is 0.880. The molecule has 0 unspecified atom stereocenters. The molecule has 0 saturated heterocycles. The van der Waals surface area contributed by atoms with Gasteiger partial charge in [0, 0.05) is 5.56 Å². The predicted molar refractivity (Wildman–Crippen MR) is 70.4 cm³/mol. The van der Waals surface area contributed by atoms with E-state index in [0.29, 0.717) is 5.15 Å². The first kappa shape index (κ1) is 10.4. The molecular formula is C14H11ClN2. The van der Waals surface area contributed by atoms with Crippen molar-refractivity contribution in [2.75, 3.05) is 0 Å². The molecule has 0 fully saturated rings. The van der Waals surface area contributed by atoms with Gasteiger partial charge >= 0.3 is 0 Å². The summed E-state index contributed by atoms with van der Waals surface area (Å²) < 4.78 is 1.95. The lowest BCUT2D eigenvalue weighted by Gasteiger charge is -2.04. The molecule has 0 spiro atoms. The van der Waals surface area contributed by atoms with Crippen LogP contribution < -0.4 is 0 Å². The number of rotatable bonds is 1. The van der Waals surface area contributed by atoms with E-state index in [-0.39, 0.29) is 0 Å². The van der Waals surface area contributed by atoms with E-state index in [1.807, 2.05) is 28.8 Å². The minimum absolute atomic E-state index is 0.676. The van der Waals surface area contributed by atoms with Crippen LogP contribution in [0, 0.1) is 6.92 Å². The van der Waals surface area contributed by atoms with Crippen LogP contribution >= 0.6 is 11.6 Å². The van der Waals surface area contributed by atoms with Crippen LogP contribution in [0.3, 0.4) is 0 Å². The van der Waals surface area contributed by atoms with E-state index in [0.717, 1.165) is 16.9 Å². The zero-order valence-corrected chi connectivity index (χ0v) is 10.1. The van der Waals surface area contributed by atoms with Gasteiger partial charge < -0.3 is 0 Å². The quantitative estimate of drug-likeness (QED) is 0.591. The molecule has 0 saturated carbocycles. The third kappa shape index (κ3) is 1.71. The van der Waals surface area contributed by atoms with E-state index >= 15 is 0 Å². The topological polar surface area (TPSA) is 17.3 Å². The van der Waals surface area contributed by atoms with Crippen LogP contribution in [-0.4, -0.2) is 9.38 Å². The summed E-state index contributed by atoms with van der Waals surface area (Å²) in [6.45, 7) is 2.07. The van der Waals surface area contributed by atoms with E-state index in [2.05, 4.69) is 36.2 Å². The fourth-order valence-corrected chi connectivity index (χ4v) is 2.16. The van der Waals surface area contributed by atoms with Crippen molar-refractivity contribution in [3.05, 3.63) is 59.4 Å². The van der Waals surface area contributed by atoms with Crippen molar-refractivity contribution >= 4 is 17.1 Å². The summed E-state index contributed by atoms with van der Waals surface area (Å²) in [5.41, 5.74) is 3.32. The number of fused-ring (bicyclic) bond motifs is 1. The Morgan fingerprint density at radius 3 is 2.59 bits per heavy atom. The van der Waals surface area contributed by atoms with Gasteiger partial charge in [-0.15, -0.1) is 0 Å². The van der Waals surface area contributed by atoms with Crippen molar-refractivity contribution in [1.82, 2.24) is 9.38 Å². The van der Waals surface area contributed by atoms with Crippen molar-refractivity contribution < 1.29 is 0 Å². The average molecular weight is 243 g/mol. The second-order valence-electron chi connectivity index (χ2n) is 4.06. The first-order valence-corrected chi connectivity index (χ1v) is 5.82. The molecule has 0 radical (unpaired) electrons.